The quantitative estimate of drug-likeness (QED) is 0.221. The summed E-state index contributed by atoms with van der Waals surface area (Å²) in [6.07, 6.45) is 14.3. The van der Waals surface area contributed by atoms with Gasteiger partial charge in [-0.05, 0) is 75.5 Å². The number of allylic oxidation sites excluding steroid dienone is 2. The lowest BCUT2D eigenvalue weighted by atomic mass is 9.84. The van der Waals surface area contributed by atoms with Crippen LogP contribution in [0.15, 0.2) is 23.4 Å². The van der Waals surface area contributed by atoms with E-state index in [0.717, 1.165) is 39.3 Å². The summed E-state index contributed by atoms with van der Waals surface area (Å²) in [6, 6.07) is 0. The number of unbranched alkanes of at least 4 members (excludes halogenated alkanes) is 2. The molecule has 0 saturated carbocycles. The Morgan fingerprint density at radius 3 is 2.24 bits per heavy atom. The van der Waals surface area contributed by atoms with Crippen LogP contribution in [0.25, 0.3) is 0 Å². The molecule has 0 N–H and O–H groups in total. The van der Waals surface area contributed by atoms with E-state index in [0.29, 0.717) is 17.4 Å². The standard InChI is InChI=1S/C30H57N3O/c1-8-10-11-18-32-22-24-33(25-23-32)29(27(4)26(3)14-17-30(5,6)7)13-12-19-31-20-15-28(16-21-31)34-9-2/h12-13,26,28H,8-11,14-25H2,1-7H3/b13-12-,29-27-. The number of piperidine rings is 1. The molecule has 198 valence electrons. The van der Waals surface area contributed by atoms with Crippen LogP contribution >= 0.6 is 0 Å². The van der Waals surface area contributed by atoms with Gasteiger partial charge in [-0.15, -0.1) is 0 Å². The van der Waals surface area contributed by atoms with Crippen molar-refractivity contribution in [3.8, 4) is 0 Å². The lowest BCUT2D eigenvalue weighted by Gasteiger charge is -2.38. The van der Waals surface area contributed by atoms with Crippen LogP contribution in [0.5, 0.6) is 0 Å². The van der Waals surface area contributed by atoms with Crippen molar-refractivity contribution in [2.45, 2.75) is 99.5 Å². The molecule has 2 saturated heterocycles. The molecular formula is C30H57N3O. The van der Waals surface area contributed by atoms with Crippen molar-refractivity contribution < 1.29 is 4.74 Å². The van der Waals surface area contributed by atoms with Gasteiger partial charge in [0.25, 0.3) is 0 Å². The Kier molecular flexibility index (Phi) is 13.2. The molecule has 2 fully saturated rings. The minimum atomic E-state index is 0.405. The number of nitrogens with zero attached hydrogens (tertiary/aromatic N) is 3. The van der Waals surface area contributed by atoms with Gasteiger partial charge in [0.05, 0.1) is 6.10 Å². The largest absolute Gasteiger partial charge is 0.378 e. The molecule has 34 heavy (non-hydrogen) atoms. The third-order valence-corrected chi connectivity index (χ3v) is 7.84. The van der Waals surface area contributed by atoms with Crippen LogP contribution in [-0.2, 0) is 4.74 Å². The van der Waals surface area contributed by atoms with Gasteiger partial charge in [-0.1, -0.05) is 53.5 Å². The summed E-state index contributed by atoms with van der Waals surface area (Å²) in [5, 5.41) is 0. The van der Waals surface area contributed by atoms with Crippen molar-refractivity contribution in [1.29, 1.82) is 0 Å². The molecule has 0 bridgehead atoms. The van der Waals surface area contributed by atoms with Gasteiger partial charge in [0.1, 0.15) is 0 Å². The maximum Gasteiger partial charge on any atom is 0.0599 e. The molecule has 0 aromatic rings. The summed E-state index contributed by atoms with van der Waals surface area (Å²) in [4.78, 5) is 7.94. The van der Waals surface area contributed by atoms with E-state index >= 15 is 0 Å². The first-order chi connectivity index (χ1) is 16.2. The van der Waals surface area contributed by atoms with Crippen molar-refractivity contribution in [3.63, 3.8) is 0 Å². The van der Waals surface area contributed by atoms with E-state index in [4.69, 9.17) is 4.74 Å². The van der Waals surface area contributed by atoms with Gasteiger partial charge in [-0.25, -0.2) is 0 Å². The fraction of sp³-hybridized carbons (Fsp3) is 0.867. The summed E-state index contributed by atoms with van der Waals surface area (Å²) in [6.45, 7) is 26.6. The molecule has 0 radical (unpaired) electrons. The van der Waals surface area contributed by atoms with Gasteiger partial charge < -0.3 is 9.64 Å². The molecule has 2 aliphatic rings. The van der Waals surface area contributed by atoms with Crippen LogP contribution in [0, 0.1) is 11.3 Å². The molecule has 4 nitrogen and oxygen atoms in total. The Hall–Kier alpha value is -0.840. The van der Waals surface area contributed by atoms with Crippen LogP contribution in [0.3, 0.4) is 0 Å². The predicted octanol–water partition coefficient (Wildman–Crippen LogP) is 6.59. The summed E-state index contributed by atoms with van der Waals surface area (Å²) in [7, 11) is 0. The molecule has 2 rings (SSSR count). The molecule has 0 aliphatic carbocycles. The van der Waals surface area contributed by atoms with Crippen LogP contribution in [-0.4, -0.2) is 79.8 Å². The van der Waals surface area contributed by atoms with E-state index in [2.05, 4.69) is 75.3 Å². The highest BCUT2D eigenvalue weighted by Gasteiger charge is 2.22. The van der Waals surface area contributed by atoms with E-state index in [1.807, 2.05) is 0 Å². The molecule has 0 aromatic carbocycles. The SMILES string of the molecule is CCCCCN1CCN(C(/C=C\CN2CCC(OCC)CC2)=C(/C)C(C)CCC(C)(C)C)CC1. The summed E-state index contributed by atoms with van der Waals surface area (Å²) in [5.41, 5.74) is 3.48. The molecule has 2 aliphatic heterocycles. The zero-order valence-electron chi connectivity index (χ0n) is 23.9. The van der Waals surface area contributed by atoms with Crippen molar-refractivity contribution in [1.82, 2.24) is 14.7 Å². The van der Waals surface area contributed by atoms with Crippen LogP contribution < -0.4 is 0 Å². The minimum absolute atomic E-state index is 0.405. The maximum absolute atomic E-state index is 5.83. The van der Waals surface area contributed by atoms with Gasteiger partial charge in [0.2, 0.25) is 0 Å². The van der Waals surface area contributed by atoms with Crippen LogP contribution in [0.4, 0.5) is 0 Å². The molecule has 4 heteroatoms. The van der Waals surface area contributed by atoms with Crippen LogP contribution in [0.1, 0.15) is 93.4 Å². The summed E-state index contributed by atoms with van der Waals surface area (Å²) >= 11 is 0. The number of hydrogen-bond acceptors (Lipinski definition) is 4. The number of piperazine rings is 1. The molecule has 0 spiro atoms. The first-order valence-electron chi connectivity index (χ1n) is 14.4. The first-order valence-corrected chi connectivity index (χ1v) is 14.4. The maximum atomic E-state index is 5.83. The molecule has 0 amide bonds. The number of rotatable bonds is 13. The topological polar surface area (TPSA) is 19.0 Å². The highest BCUT2D eigenvalue weighted by molar-refractivity contribution is 5.26. The highest BCUT2D eigenvalue weighted by atomic mass is 16.5. The normalized spacial score (nSPS) is 21.3. The van der Waals surface area contributed by atoms with Crippen molar-refractivity contribution >= 4 is 0 Å². The zero-order valence-corrected chi connectivity index (χ0v) is 23.9. The predicted molar refractivity (Wildman–Crippen MR) is 148 cm³/mol. The van der Waals surface area contributed by atoms with Gasteiger partial charge in [0, 0.05) is 58.1 Å². The van der Waals surface area contributed by atoms with E-state index in [1.165, 1.54) is 70.3 Å². The van der Waals surface area contributed by atoms with Crippen molar-refractivity contribution in [3.05, 3.63) is 23.4 Å². The van der Waals surface area contributed by atoms with E-state index in [9.17, 15) is 0 Å². The fourth-order valence-electron chi connectivity index (χ4n) is 5.21. The second kappa shape index (κ2) is 15.3. The second-order valence-corrected chi connectivity index (χ2v) is 12.0. The zero-order chi connectivity index (χ0) is 25.0. The summed E-state index contributed by atoms with van der Waals surface area (Å²) in [5.74, 6) is 0.628. The Balaban J connectivity index is 2.00. The monoisotopic (exact) mass is 475 g/mol. The third kappa shape index (κ3) is 10.8. The first kappa shape index (κ1) is 29.4. The summed E-state index contributed by atoms with van der Waals surface area (Å²) < 4.78 is 5.83. The van der Waals surface area contributed by atoms with E-state index < -0.39 is 0 Å². The van der Waals surface area contributed by atoms with Gasteiger partial charge in [0.15, 0.2) is 0 Å². The molecule has 2 heterocycles. The molecule has 1 unspecified atom stereocenters. The number of likely N-dealkylation sites (tertiary alicyclic amines) is 1. The van der Waals surface area contributed by atoms with Crippen molar-refractivity contribution in [2.75, 3.05) is 59.0 Å². The minimum Gasteiger partial charge on any atom is -0.378 e. The number of hydrogen-bond donors (Lipinski definition) is 0. The average Bonchev–Trinajstić information content (AvgIpc) is 2.81. The van der Waals surface area contributed by atoms with Gasteiger partial charge >= 0.3 is 0 Å². The third-order valence-electron chi connectivity index (χ3n) is 7.84. The molecular weight excluding hydrogens is 418 g/mol. The lowest BCUT2D eigenvalue weighted by Crippen LogP contribution is -2.46. The Labute approximate surface area is 212 Å². The molecule has 1 atom stereocenters. The Bertz CT molecular complexity index is 605. The Morgan fingerprint density at radius 2 is 1.65 bits per heavy atom. The van der Waals surface area contributed by atoms with Gasteiger partial charge in [-0.3, -0.25) is 9.80 Å². The molecule has 0 aromatic heterocycles. The Morgan fingerprint density at radius 1 is 0.971 bits per heavy atom. The van der Waals surface area contributed by atoms with Gasteiger partial charge in [-0.2, -0.15) is 0 Å². The van der Waals surface area contributed by atoms with E-state index in [-0.39, 0.29) is 0 Å². The average molecular weight is 476 g/mol. The number of ether oxygens (including phenoxy) is 1. The smallest absolute Gasteiger partial charge is 0.0599 e. The highest BCUT2D eigenvalue weighted by Crippen LogP contribution is 2.29. The van der Waals surface area contributed by atoms with Crippen LogP contribution in [0.2, 0.25) is 0 Å². The van der Waals surface area contributed by atoms with E-state index in [1.54, 1.807) is 5.57 Å². The fourth-order valence-corrected chi connectivity index (χ4v) is 5.21. The van der Waals surface area contributed by atoms with Crippen molar-refractivity contribution in [2.24, 2.45) is 11.3 Å². The lowest BCUT2D eigenvalue weighted by molar-refractivity contribution is 0.0167. The second-order valence-electron chi connectivity index (χ2n) is 12.0.